The minimum absolute atomic E-state index is 0.184. The number of hydrogen-bond donors (Lipinski definition) is 1. The number of amides is 1. The number of nitrogens with zero attached hydrogens (tertiary/aromatic N) is 4. The Balaban J connectivity index is 1.61. The van der Waals surface area contributed by atoms with Gasteiger partial charge < -0.3 is 13.5 Å². The molecule has 0 aliphatic heterocycles. The highest BCUT2D eigenvalue weighted by molar-refractivity contribution is 7.99. The molecule has 3 rings (SSSR count). The van der Waals surface area contributed by atoms with Crippen molar-refractivity contribution in [1.29, 1.82) is 0 Å². The van der Waals surface area contributed by atoms with E-state index in [1.807, 2.05) is 7.05 Å². The zero-order valence-electron chi connectivity index (χ0n) is 11.9. The van der Waals surface area contributed by atoms with Crippen LogP contribution in [0.5, 0.6) is 0 Å². The van der Waals surface area contributed by atoms with Gasteiger partial charge >= 0.3 is 0 Å². The van der Waals surface area contributed by atoms with Crippen LogP contribution in [0.3, 0.4) is 0 Å². The molecule has 0 bridgehead atoms. The van der Waals surface area contributed by atoms with Gasteiger partial charge in [0.15, 0.2) is 16.7 Å². The maximum absolute atomic E-state index is 11.8. The fraction of sp³-hybridized carbons (Fsp3) is 0.231. The van der Waals surface area contributed by atoms with Crippen molar-refractivity contribution in [3.8, 4) is 11.6 Å². The Labute approximate surface area is 129 Å². The lowest BCUT2D eigenvalue weighted by molar-refractivity contribution is -0.113. The summed E-state index contributed by atoms with van der Waals surface area (Å²) in [6.45, 7) is 1.78. The highest BCUT2D eigenvalue weighted by atomic mass is 32.2. The van der Waals surface area contributed by atoms with Crippen molar-refractivity contribution in [2.24, 2.45) is 7.05 Å². The van der Waals surface area contributed by atoms with Crippen LogP contribution in [0.2, 0.25) is 0 Å². The summed E-state index contributed by atoms with van der Waals surface area (Å²) in [5, 5.41) is 15.1. The van der Waals surface area contributed by atoms with Gasteiger partial charge in [-0.05, 0) is 19.1 Å². The van der Waals surface area contributed by atoms with Crippen LogP contribution in [0.1, 0.15) is 5.69 Å². The Bertz CT molecular complexity index is 778. The first-order valence-corrected chi connectivity index (χ1v) is 7.41. The number of furan rings is 1. The minimum Gasteiger partial charge on any atom is -0.461 e. The number of aromatic nitrogens is 4. The van der Waals surface area contributed by atoms with Crippen molar-refractivity contribution in [2.45, 2.75) is 12.1 Å². The van der Waals surface area contributed by atoms with E-state index < -0.39 is 0 Å². The van der Waals surface area contributed by atoms with Crippen LogP contribution in [0.15, 0.2) is 38.6 Å². The molecule has 1 N–H and O–H groups in total. The monoisotopic (exact) mass is 319 g/mol. The lowest BCUT2D eigenvalue weighted by Crippen LogP contribution is -2.14. The Hall–Kier alpha value is -2.55. The van der Waals surface area contributed by atoms with E-state index in [2.05, 4.69) is 20.7 Å². The van der Waals surface area contributed by atoms with Gasteiger partial charge in [0.1, 0.15) is 0 Å². The maximum Gasteiger partial charge on any atom is 0.237 e. The second-order valence-electron chi connectivity index (χ2n) is 4.51. The molecule has 0 aliphatic rings. The minimum atomic E-state index is -0.205. The standard InChI is InChI=1S/C13H13N5O3S/c1-8-6-11(21-17-8)14-10(19)7-22-13-16-15-12(18(13)2)9-4-3-5-20-9/h3-6H,7H2,1-2H3,(H,14,19). The molecule has 0 unspecified atom stereocenters. The van der Waals surface area contributed by atoms with Crippen LogP contribution in [-0.4, -0.2) is 31.6 Å². The fourth-order valence-electron chi connectivity index (χ4n) is 1.79. The molecule has 9 heteroatoms. The summed E-state index contributed by atoms with van der Waals surface area (Å²) in [5.41, 5.74) is 0.708. The Morgan fingerprint density at radius 1 is 1.45 bits per heavy atom. The zero-order valence-corrected chi connectivity index (χ0v) is 12.8. The van der Waals surface area contributed by atoms with E-state index in [-0.39, 0.29) is 11.7 Å². The third-order valence-electron chi connectivity index (χ3n) is 2.80. The molecule has 0 atom stereocenters. The second-order valence-corrected chi connectivity index (χ2v) is 5.45. The summed E-state index contributed by atoms with van der Waals surface area (Å²) in [6, 6.07) is 5.24. The van der Waals surface area contributed by atoms with Crippen molar-refractivity contribution >= 4 is 23.6 Å². The summed E-state index contributed by atoms with van der Waals surface area (Å²) >= 11 is 1.27. The average Bonchev–Trinajstić information content (AvgIpc) is 3.19. The molecular formula is C13H13N5O3S. The summed E-state index contributed by atoms with van der Waals surface area (Å²) in [5.74, 6) is 1.55. The van der Waals surface area contributed by atoms with E-state index in [0.717, 1.165) is 0 Å². The number of aryl methyl sites for hydroxylation is 1. The van der Waals surface area contributed by atoms with Crippen LogP contribution in [0.25, 0.3) is 11.6 Å². The van der Waals surface area contributed by atoms with Gasteiger partial charge in [-0.3, -0.25) is 10.1 Å². The number of thioether (sulfide) groups is 1. The topological polar surface area (TPSA) is 99.0 Å². The van der Waals surface area contributed by atoms with E-state index in [1.54, 1.807) is 36.0 Å². The molecule has 22 heavy (non-hydrogen) atoms. The molecule has 1 amide bonds. The summed E-state index contributed by atoms with van der Waals surface area (Å²) in [7, 11) is 1.82. The first-order valence-electron chi connectivity index (χ1n) is 6.42. The Morgan fingerprint density at radius 3 is 3.00 bits per heavy atom. The lowest BCUT2D eigenvalue weighted by Gasteiger charge is -2.02. The third kappa shape index (κ3) is 3.03. The SMILES string of the molecule is Cc1cc(NC(=O)CSc2nnc(-c3ccco3)n2C)on1. The predicted octanol–water partition coefficient (Wildman–Crippen LogP) is 2.10. The molecule has 3 aromatic heterocycles. The van der Waals surface area contributed by atoms with Crippen LogP contribution in [-0.2, 0) is 11.8 Å². The second kappa shape index (κ2) is 6.06. The molecule has 0 spiro atoms. The van der Waals surface area contributed by atoms with Crippen molar-refractivity contribution in [1.82, 2.24) is 19.9 Å². The van der Waals surface area contributed by atoms with Gasteiger partial charge in [-0.25, -0.2) is 0 Å². The van der Waals surface area contributed by atoms with Gasteiger partial charge in [0.05, 0.1) is 17.7 Å². The smallest absolute Gasteiger partial charge is 0.237 e. The van der Waals surface area contributed by atoms with Crippen molar-refractivity contribution in [2.75, 3.05) is 11.1 Å². The molecule has 3 aromatic rings. The lowest BCUT2D eigenvalue weighted by atomic mass is 10.4. The number of rotatable bonds is 5. The maximum atomic E-state index is 11.8. The van der Waals surface area contributed by atoms with Crippen LogP contribution < -0.4 is 5.32 Å². The first kappa shape index (κ1) is 14.4. The summed E-state index contributed by atoms with van der Waals surface area (Å²) in [4.78, 5) is 11.8. The quantitative estimate of drug-likeness (QED) is 0.719. The van der Waals surface area contributed by atoms with Crippen LogP contribution in [0.4, 0.5) is 5.88 Å². The predicted molar refractivity (Wildman–Crippen MR) is 79.3 cm³/mol. The van der Waals surface area contributed by atoms with Crippen LogP contribution in [0, 0.1) is 6.92 Å². The average molecular weight is 319 g/mol. The highest BCUT2D eigenvalue weighted by Crippen LogP contribution is 2.22. The van der Waals surface area contributed by atoms with Gasteiger partial charge in [0.25, 0.3) is 0 Å². The molecule has 8 nitrogen and oxygen atoms in total. The first-order chi connectivity index (χ1) is 10.6. The molecule has 0 saturated heterocycles. The molecule has 0 aliphatic carbocycles. The van der Waals surface area contributed by atoms with Gasteiger partial charge in [-0.1, -0.05) is 16.9 Å². The van der Waals surface area contributed by atoms with E-state index in [0.29, 0.717) is 28.3 Å². The van der Waals surface area contributed by atoms with E-state index >= 15 is 0 Å². The molecular weight excluding hydrogens is 306 g/mol. The van der Waals surface area contributed by atoms with Crippen molar-refractivity contribution < 1.29 is 13.7 Å². The molecule has 114 valence electrons. The molecule has 0 fully saturated rings. The third-order valence-corrected chi connectivity index (χ3v) is 3.82. The summed E-state index contributed by atoms with van der Waals surface area (Å²) < 4.78 is 12.0. The summed E-state index contributed by atoms with van der Waals surface area (Å²) in [6.07, 6.45) is 1.57. The van der Waals surface area contributed by atoms with E-state index in [9.17, 15) is 4.79 Å². The fourth-order valence-corrected chi connectivity index (χ4v) is 2.50. The number of carbonyl (C=O) groups excluding carboxylic acids is 1. The van der Waals surface area contributed by atoms with Gasteiger partial charge in [0.2, 0.25) is 11.8 Å². The van der Waals surface area contributed by atoms with Crippen LogP contribution >= 0.6 is 11.8 Å². The van der Waals surface area contributed by atoms with Gasteiger partial charge in [-0.2, -0.15) is 0 Å². The Morgan fingerprint density at radius 2 is 2.32 bits per heavy atom. The number of hydrogen-bond acceptors (Lipinski definition) is 7. The zero-order chi connectivity index (χ0) is 15.5. The van der Waals surface area contributed by atoms with Crippen molar-refractivity contribution in [3.63, 3.8) is 0 Å². The number of anilines is 1. The van der Waals surface area contributed by atoms with Crippen molar-refractivity contribution in [3.05, 3.63) is 30.2 Å². The number of nitrogens with one attached hydrogen (secondary N) is 1. The van der Waals surface area contributed by atoms with Gasteiger partial charge in [0, 0.05) is 13.1 Å². The van der Waals surface area contributed by atoms with Gasteiger partial charge in [-0.15, -0.1) is 10.2 Å². The molecule has 3 heterocycles. The Kier molecular flexibility index (Phi) is 3.96. The largest absolute Gasteiger partial charge is 0.461 e. The van der Waals surface area contributed by atoms with E-state index in [4.69, 9.17) is 8.94 Å². The van der Waals surface area contributed by atoms with E-state index in [1.165, 1.54) is 11.8 Å². The molecule has 0 saturated carbocycles. The highest BCUT2D eigenvalue weighted by Gasteiger charge is 2.15. The molecule has 0 radical (unpaired) electrons. The molecule has 0 aromatic carbocycles. The normalized spacial score (nSPS) is 10.8. The number of carbonyl (C=O) groups is 1.